The van der Waals surface area contributed by atoms with E-state index in [1.54, 1.807) is 4.90 Å². The van der Waals surface area contributed by atoms with Gasteiger partial charge in [-0.3, -0.25) is 9.59 Å². The minimum absolute atomic E-state index is 0.0591. The highest BCUT2D eigenvalue weighted by Gasteiger charge is 2.13. The van der Waals surface area contributed by atoms with Crippen LogP contribution in [-0.2, 0) is 22.4 Å². The van der Waals surface area contributed by atoms with Crippen LogP contribution in [0.4, 0.5) is 0 Å². The van der Waals surface area contributed by atoms with Crippen molar-refractivity contribution in [2.75, 3.05) is 19.6 Å². The summed E-state index contributed by atoms with van der Waals surface area (Å²) in [7, 11) is 0. The van der Waals surface area contributed by atoms with Gasteiger partial charge >= 0.3 is 0 Å². The molecule has 0 unspecified atom stereocenters. The Labute approximate surface area is 164 Å². The fourth-order valence-corrected chi connectivity index (χ4v) is 2.74. The van der Waals surface area contributed by atoms with Crippen molar-refractivity contribution in [3.8, 4) is 0 Å². The molecule has 0 heterocycles. The van der Waals surface area contributed by atoms with Crippen molar-refractivity contribution in [3.63, 3.8) is 0 Å². The molecule has 2 rings (SSSR count). The van der Waals surface area contributed by atoms with Crippen molar-refractivity contribution >= 4 is 35.0 Å². The summed E-state index contributed by atoms with van der Waals surface area (Å²) < 4.78 is 0. The van der Waals surface area contributed by atoms with Crippen molar-refractivity contribution in [2.45, 2.75) is 19.8 Å². The van der Waals surface area contributed by atoms with Crippen molar-refractivity contribution in [2.24, 2.45) is 0 Å². The van der Waals surface area contributed by atoms with Crippen molar-refractivity contribution < 1.29 is 9.59 Å². The Hall–Kier alpha value is -2.04. The molecule has 2 aromatic rings. The van der Waals surface area contributed by atoms with Gasteiger partial charge in [-0.2, -0.15) is 0 Å². The Morgan fingerprint density at radius 2 is 1.38 bits per heavy atom. The van der Waals surface area contributed by atoms with Gasteiger partial charge < -0.3 is 10.2 Å². The van der Waals surface area contributed by atoms with E-state index in [4.69, 9.17) is 23.2 Å². The van der Waals surface area contributed by atoms with Crippen molar-refractivity contribution in [1.29, 1.82) is 0 Å². The highest BCUT2D eigenvalue weighted by atomic mass is 35.5. The van der Waals surface area contributed by atoms with Crippen LogP contribution < -0.4 is 5.32 Å². The summed E-state index contributed by atoms with van der Waals surface area (Å²) >= 11 is 11.7. The predicted octanol–water partition coefficient (Wildman–Crippen LogP) is 3.74. The molecule has 0 spiro atoms. The maximum Gasteiger partial charge on any atom is 0.239 e. The van der Waals surface area contributed by atoms with Gasteiger partial charge in [-0.15, -0.1) is 0 Å². The molecule has 0 saturated heterocycles. The Morgan fingerprint density at radius 1 is 0.885 bits per heavy atom. The van der Waals surface area contributed by atoms with Gasteiger partial charge in [0.2, 0.25) is 11.8 Å². The number of nitrogens with zero attached hydrogens (tertiary/aromatic N) is 1. The van der Waals surface area contributed by atoms with Gasteiger partial charge in [-0.05, 0) is 48.2 Å². The largest absolute Gasteiger partial charge is 0.354 e. The second kappa shape index (κ2) is 10.2. The van der Waals surface area contributed by atoms with Crippen molar-refractivity contribution in [3.05, 3.63) is 69.7 Å². The molecule has 1 N–H and O–H groups in total. The highest BCUT2D eigenvalue weighted by molar-refractivity contribution is 6.30. The molecule has 6 heteroatoms. The maximum absolute atomic E-state index is 12.1. The average molecular weight is 393 g/mol. The van der Waals surface area contributed by atoms with Gasteiger partial charge in [0.15, 0.2) is 0 Å². The van der Waals surface area contributed by atoms with Crippen LogP contribution in [0, 0.1) is 0 Å². The highest BCUT2D eigenvalue weighted by Crippen LogP contribution is 2.11. The first-order valence-corrected chi connectivity index (χ1v) is 9.21. The van der Waals surface area contributed by atoms with Gasteiger partial charge in [0, 0.05) is 30.1 Å². The lowest BCUT2D eigenvalue weighted by atomic mass is 10.1. The zero-order valence-electron chi connectivity index (χ0n) is 14.7. The fourth-order valence-electron chi connectivity index (χ4n) is 2.49. The number of amides is 2. The smallest absolute Gasteiger partial charge is 0.239 e. The standard InChI is InChI=1S/C20H22Cl2N2O2/c1-15(25)24(13-11-17-4-8-19(22)9-5-17)14-20(26)23-12-10-16-2-6-18(21)7-3-16/h2-9H,10-14H2,1H3,(H,23,26). The summed E-state index contributed by atoms with van der Waals surface area (Å²) in [6, 6.07) is 15.0. The van der Waals surface area contributed by atoms with Crippen LogP contribution in [0.25, 0.3) is 0 Å². The first-order chi connectivity index (χ1) is 12.4. The summed E-state index contributed by atoms with van der Waals surface area (Å²) in [5.41, 5.74) is 2.17. The molecule has 26 heavy (non-hydrogen) atoms. The summed E-state index contributed by atoms with van der Waals surface area (Å²) in [6.45, 7) is 2.54. The van der Waals surface area contributed by atoms with E-state index >= 15 is 0 Å². The summed E-state index contributed by atoms with van der Waals surface area (Å²) in [6.07, 6.45) is 1.39. The Bertz CT molecular complexity index is 730. The minimum atomic E-state index is -0.162. The fraction of sp³-hybridized carbons (Fsp3) is 0.300. The molecule has 0 radical (unpaired) electrons. The molecule has 2 amide bonds. The zero-order chi connectivity index (χ0) is 18.9. The van der Waals surface area contributed by atoms with E-state index in [1.807, 2.05) is 48.5 Å². The monoisotopic (exact) mass is 392 g/mol. The number of hydrogen-bond acceptors (Lipinski definition) is 2. The number of carbonyl (C=O) groups excluding carboxylic acids is 2. The maximum atomic E-state index is 12.1. The summed E-state index contributed by atoms with van der Waals surface area (Å²) in [5, 5.41) is 4.22. The zero-order valence-corrected chi connectivity index (χ0v) is 16.2. The number of rotatable bonds is 8. The van der Waals surface area contributed by atoms with Crippen LogP contribution in [0.15, 0.2) is 48.5 Å². The quantitative estimate of drug-likeness (QED) is 0.743. The van der Waals surface area contributed by atoms with Gasteiger partial charge in [0.05, 0.1) is 6.54 Å². The van der Waals surface area contributed by atoms with E-state index in [-0.39, 0.29) is 18.4 Å². The lowest BCUT2D eigenvalue weighted by Gasteiger charge is -2.20. The number of hydrogen-bond donors (Lipinski definition) is 1. The Morgan fingerprint density at radius 3 is 1.88 bits per heavy atom. The van der Waals surface area contributed by atoms with Crippen LogP contribution >= 0.6 is 23.2 Å². The Balaban J connectivity index is 1.76. The molecule has 0 aliphatic carbocycles. The van der Waals surface area contributed by atoms with Crippen LogP contribution in [0.5, 0.6) is 0 Å². The van der Waals surface area contributed by atoms with Gasteiger partial charge in [0.25, 0.3) is 0 Å². The van der Waals surface area contributed by atoms with E-state index in [2.05, 4.69) is 5.32 Å². The number of benzene rings is 2. The van der Waals surface area contributed by atoms with Crippen LogP contribution in [0.1, 0.15) is 18.1 Å². The van der Waals surface area contributed by atoms with Gasteiger partial charge in [-0.1, -0.05) is 47.5 Å². The lowest BCUT2D eigenvalue weighted by molar-refractivity contribution is -0.134. The van der Waals surface area contributed by atoms with E-state index in [9.17, 15) is 9.59 Å². The molecule has 138 valence electrons. The number of halogens is 2. The minimum Gasteiger partial charge on any atom is -0.354 e. The molecule has 0 aromatic heterocycles. The predicted molar refractivity (Wildman–Crippen MR) is 106 cm³/mol. The lowest BCUT2D eigenvalue weighted by Crippen LogP contribution is -2.41. The Kier molecular flexibility index (Phi) is 7.95. The average Bonchev–Trinajstić information content (AvgIpc) is 2.61. The first kappa shape index (κ1) is 20.3. The van der Waals surface area contributed by atoms with E-state index in [0.717, 1.165) is 11.1 Å². The molecular formula is C20H22Cl2N2O2. The topological polar surface area (TPSA) is 49.4 Å². The molecule has 4 nitrogen and oxygen atoms in total. The van der Waals surface area contributed by atoms with Crippen LogP contribution in [0.3, 0.4) is 0 Å². The number of nitrogens with one attached hydrogen (secondary N) is 1. The molecule has 0 bridgehead atoms. The van der Waals surface area contributed by atoms with E-state index in [1.165, 1.54) is 6.92 Å². The molecule has 0 aliphatic heterocycles. The third-order valence-electron chi connectivity index (χ3n) is 4.01. The SMILES string of the molecule is CC(=O)N(CCc1ccc(Cl)cc1)CC(=O)NCCc1ccc(Cl)cc1. The van der Waals surface area contributed by atoms with Crippen molar-refractivity contribution in [1.82, 2.24) is 10.2 Å². The van der Waals surface area contributed by atoms with E-state index in [0.29, 0.717) is 36.0 Å². The second-order valence-electron chi connectivity index (χ2n) is 6.04. The van der Waals surface area contributed by atoms with Gasteiger partial charge in [0.1, 0.15) is 0 Å². The third-order valence-corrected chi connectivity index (χ3v) is 4.52. The second-order valence-corrected chi connectivity index (χ2v) is 6.92. The first-order valence-electron chi connectivity index (χ1n) is 8.45. The molecular weight excluding hydrogens is 371 g/mol. The summed E-state index contributed by atoms with van der Waals surface area (Å²) in [5.74, 6) is -0.280. The molecule has 0 saturated carbocycles. The summed E-state index contributed by atoms with van der Waals surface area (Å²) in [4.78, 5) is 25.5. The third kappa shape index (κ3) is 7.06. The van der Waals surface area contributed by atoms with E-state index < -0.39 is 0 Å². The van der Waals surface area contributed by atoms with Crippen LogP contribution in [0.2, 0.25) is 10.0 Å². The molecule has 0 aliphatic rings. The molecule has 0 fully saturated rings. The van der Waals surface area contributed by atoms with Gasteiger partial charge in [-0.25, -0.2) is 0 Å². The molecule has 0 atom stereocenters. The molecule has 2 aromatic carbocycles. The van der Waals surface area contributed by atoms with Crippen LogP contribution in [-0.4, -0.2) is 36.3 Å². The number of carbonyl (C=O) groups is 2. The normalized spacial score (nSPS) is 10.4.